The Balaban J connectivity index is 2.17. The molecule has 0 atom stereocenters. The van der Waals surface area contributed by atoms with Crippen molar-refractivity contribution in [2.75, 3.05) is 0 Å². The summed E-state index contributed by atoms with van der Waals surface area (Å²) in [6, 6.07) is 4.75. The fourth-order valence-corrected chi connectivity index (χ4v) is 2.31. The first-order chi connectivity index (χ1) is 7.57. The van der Waals surface area contributed by atoms with E-state index in [-0.39, 0.29) is 5.82 Å². The Morgan fingerprint density at radius 1 is 1.50 bits per heavy atom. The second-order valence-corrected chi connectivity index (χ2v) is 5.38. The van der Waals surface area contributed by atoms with Crippen molar-refractivity contribution in [1.29, 1.82) is 0 Å². The summed E-state index contributed by atoms with van der Waals surface area (Å²) in [7, 11) is 0. The number of hydrogen-bond donors (Lipinski definition) is 1. The van der Waals surface area contributed by atoms with Crippen LogP contribution in [0.4, 0.5) is 4.39 Å². The number of halogens is 1. The predicted octanol–water partition coefficient (Wildman–Crippen LogP) is 3.64. The molecule has 4 heteroatoms. The Morgan fingerprint density at radius 3 is 2.94 bits per heavy atom. The van der Waals surface area contributed by atoms with Crippen LogP contribution in [0.5, 0.6) is 0 Å². The smallest absolute Gasteiger partial charge is 0.178 e. The minimum Gasteiger partial charge on any atom is -0.331 e. The first-order valence-corrected chi connectivity index (χ1v) is 5.86. The van der Waals surface area contributed by atoms with Gasteiger partial charge in [-0.2, -0.15) is 0 Å². The van der Waals surface area contributed by atoms with Crippen LogP contribution in [0.15, 0.2) is 18.2 Å². The van der Waals surface area contributed by atoms with Crippen molar-refractivity contribution in [3.63, 3.8) is 0 Å². The number of nitrogens with zero attached hydrogens (tertiary/aromatic N) is 1. The number of aromatic nitrogens is 2. The highest BCUT2D eigenvalue weighted by Crippen LogP contribution is 2.46. The number of hydrogen-bond acceptors (Lipinski definition) is 1. The Kier molecular flexibility index (Phi) is 1.98. The van der Waals surface area contributed by atoms with E-state index in [2.05, 4.69) is 11.9 Å². The van der Waals surface area contributed by atoms with Crippen molar-refractivity contribution in [3.8, 4) is 0 Å². The first-order valence-electron chi connectivity index (χ1n) is 5.46. The number of rotatable bonds is 2. The summed E-state index contributed by atoms with van der Waals surface area (Å²) in [4.78, 5) is 3.12. The quantitative estimate of drug-likeness (QED) is 0.789. The van der Waals surface area contributed by atoms with E-state index in [1.165, 1.54) is 18.9 Å². The molecule has 1 aromatic carbocycles. The molecule has 0 amide bonds. The molecule has 1 aliphatic carbocycles. The van der Waals surface area contributed by atoms with Gasteiger partial charge in [0.2, 0.25) is 0 Å². The molecule has 0 spiro atoms. The van der Waals surface area contributed by atoms with Gasteiger partial charge >= 0.3 is 0 Å². The summed E-state index contributed by atoms with van der Waals surface area (Å²) in [6.45, 7) is 3.13. The molecule has 1 aromatic heterocycles. The molecule has 0 saturated heterocycles. The van der Waals surface area contributed by atoms with Crippen LogP contribution in [0.2, 0.25) is 0 Å². The minimum absolute atomic E-state index is 0.212. The Labute approximate surface area is 98.1 Å². The summed E-state index contributed by atoms with van der Waals surface area (Å²) in [5, 5.41) is 0. The van der Waals surface area contributed by atoms with Gasteiger partial charge in [0.05, 0.1) is 11.0 Å². The van der Waals surface area contributed by atoms with Crippen LogP contribution in [0.3, 0.4) is 0 Å². The molecule has 1 N–H and O–H groups in total. The zero-order chi connectivity index (χ0) is 11.3. The number of imidazole rings is 1. The number of aromatic amines is 1. The van der Waals surface area contributed by atoms with Crippen LogP contribution in [0.1, 0.15) is 19.8 Å². The molecule has 2 nitrogen and oxygen atoms in total. The van der Waals surface area contributed by atoms with E-state index in [4.69, 9.17) is 12.2 Å². The Bertz CT molecular complexity index is 607. The van der Waals surface area contributed by atoms with Gasteiger partial charge in [0, 0.05) is 6.54 Å². The topological polar surface area (TPSA) is 20.7 Å². The molecule has 1 heterocycles. The average Bonchev–Trinajstić information content (AvgIpc) is 2.88. The van der Waals surface area contributed by atoms with Gasteiger partial charge in [-0.3, -0.25) is 0 Å². The molecule has 1 saturated carbocycles. The van der Waals surface area contributed by atoms with Crippen molar-refractivity contribution in [2.24, 2.45) is 5.41 Å². The first kappa shape index (κ1) is 10.0. The molecule has 2 aromatic rings. The van der Waals surface area contributed by atoms with Gasteiger partial charge in [-0.1, -0.05) is 6.92 Å². The molecule has 0 bridgehead atoms. The largest absolute Gasteiger partial charge is 0.331 e. The maximum atomic E-state index is 13.2. The third-order valence-corrected chi connectivity index (χ3v) is 3.70. The van der Waals surface area contributed by atoms with Crippen LogP contribution in [0, 0.1) is 16.0 Å². The van der Waals surface area contributed by atoms with E-state index in [1.54, 1.807) is 12.1 Å². The summed E-state index contributed by atoms with van der Waals surface area (Å²) in [6.07, 6.45) is 2.47. The molecule has 16 heavy (non-hydrogen) atoms. The van der Waals surface area contributed by atoms with E-state index in [0.717, 1.165) is 17.6 Å². The predicted molar refractivity (Wildman–Crippen MR) is 64.4 cm³/mol. The lowest BCUT2D eigenvalue weighted by atomic mass is 10.1. The van der Waals surface area contributed by atoms with E-state index < -0.39 is 0 Å². The average molecular weight is 236 g/mol. The second-order valence-electron chi connectivity index (χ2n) is 4.99. The lowest BCUT2D eigenvalue weighted by Crippen LogP contribution is -2.07. The van der Waals surface area contributed by atoms with Gasteiger partial charge < -0.3 is 9.55 Å². The second kappa shape index (κ2) is 3.17. The Hall–Kier alpha value is -1.16. The molecule has 0 radical (unpaired) electrons. The van der Waals surface area contributed by atoms with E-state index >= 15 is 0 Å². The summed E-state index contributed by atoms with van der Waals surface area (Å²) in [5.41, 5.74) is 2.15. The lowest BCUT2D eigenvalue weighted by molar-refractivity contribution is 0.469. The van der Waals surface area contributed by atoms with Gasteiger partial charge in [-0.15, -0.1) is 0 Å². The van der Waals surface area contributed by atoms with Crippen LogP contribution < -0.4 is 0 Å². The maximum absolute atomic E-state index is 13.2. The lowest BCUT2D eigenvalue weighted by Gasteiger charge is -2.10. The summed E-state index contributed by atoms with van der Waals surface area (Å²) >= 11 is 5.28. The van der Waals surface area contributed by atoms with Crippen molar-refractivity contribution < 1.29 is 4.39 Å². The SMILES string of the molecule is CC1(Cn2c(=S)[nH]c3ccc(F)cc32)CC1. The summed E-state index contributed by atoms with van der Waals surface area (Å²) in [5.74, 6) is -0.212. The van der Waals surface area contributed by atoms with Gasteiger partial charge in [0.1, 0.15) is 5.82 Å². The third-order valence-electron chi connectivity index (χ3n) is 3.38. The van der Waals surface area contributed by atoms with E-state index in [9.17, 15) is 4.39 Å². The maximum Gasteiger partial charge on any atom is 0.178 e. The molecule has 84 valence electrons. The molecular weight excluding hydrogens is 223 g/mol. The van der Waals surface area contributed by atoms with Crippen molar-refractivity contribution in [1.82, 2.24) is 9.55 Å². The van der Waals surface area contributed by atoms with Crippen LogP contribution in [-0.2, 0) is 6.54 Å². The zero-order valence-corrected chi connectivity index (χ0v) is 9.90. The zero-order valence-electron chi connectivity index (χ0n) is 9.09. The van der Waals surface area contributed by atoms with Crippen LogP contribution in [-0.4, -0.2) is 9.55 Å². The van der Waals surface area contributed by atoms with Crippen molar-refractivity contribution >= 4 is 23.3 Å². The van der Waals surface area contributed by atoms with Gasteiger partial charge in [0.25, 0.3) is 0 Å². The van der Waals surface area contributed by atoms with Crippen LogP contribution >= 0.6 is 12.2 Å². The summed E-state index contributed by atoms with van der Waals surface area (Å²) < 4.78 is 15.9. The van der Waals surface area contributed by atoms with Crippen LogP contribution in [0.25, 0.3) is 11.0 Å². The third kappa shape index (κ3) is 1.57. The fourth-order valence-electron chi connectivity index (χ4n) is 2.04. The number of nitrogens with one attached hydrogen (secondary N) is 1. The normalized spacial score (nSPS) is 17.9. The molecule has 0 unspecified atom stereocenters. The molecule has 0 aliphatic heterocycles. The molecule has 3 rings (SSSR count). The minimum atomic E-state index is -0.212. The van der Waals surface area contributed by atoms with Crippen molar-refractivity contribution in [2.45, 2.75) is 26.3 Å². The Morgan fingerprint density at radius 2 is 2.25 bits per heavy atom. The van der Waals surface area contributed by atoms with E-state index in [1.807, 2.05) is 4.57 Å². The highest BCUT2D eigenvalue weighted by atomic mass is 32.1. The standard InChI is InChI=1S/C12H13FN2S/c1-12(4-5-12)7-15-10-6-8(13)2-3-9(10)14-11(15)16/h2-3,6H,4-5,7H2,1H3,(H,14,16). The fraction of sp³-hybridized carbons (Fsp3) is 0.417. The molecule has 1 fully saturated rings. The van der Waals surface area contributed by atoms with E-state index in [0.29, 0.717) is 10.2 Å². The number of benzene rings is 1. The molecular formula is C12H13FN2S. The monoisotopic (exact) mass is 236 g/mol. The highest BCUT2D eigenvalue weighted by molar-refractivity contribution is 7.71. The van der Waals surface area contributed by atoms with Crippen molar-refractivity contribution in [3.05, 3.63) is 28.8 Å². The van der Waals surface area contributed by atoms with Gasteiger partial charge in [0.15, 0.2) is 4.77 Å². The van der Waals surface area contributed by atoms with Gasteiger partial charge in [-0.25, -0.2) is 4.39 Å². The number of fused-ring (bicyclic) bond motifs is 1. The highest BCUT2D eigenvalue weighted by Gasteiger charge is 2.37. The number of H-pyrrole nitrogens is 1. The molecule has 1 aliphatic rings. The van der Waals surface area contributed by atoms with Gasteiger partial charge in [-0.05, 0) is 48.7 Å².